The van der Waals surface area contributed by atoms with Gasteiger partial charge >= 0.3 is 0 Å². The molecule has 2 heteroatoms. The quantitative estimate of drug-likeness (QED) is 0.728. The maximum Gasteiger partial charge on any atom is 0.118 e. The normalized spacial score (nSPS) is 14.8. The van der Waals surface area contributed by atoms with Gasteiger partial charge in [0.1, 0.15) is 5.75 Å². The lowest BCUT2D eigenvalue weighted by atomic mass is 9.97. The molecule has 0 atom stereocenters. The van der Waals surface area contributed by atoms with Crippen molar-refractivity contribution < 1.29 is 4.74 Å². The zero-order chi connectivity index (χ0) is 16.1. The second-order valence-corrected chi connectivity index (χ2v) is 5.79. The summed E-state index contributed by atoms with van der Waals surface area (Å²) in [7, 11) is 1.69. The molecule has 0 saturated carbocycles. The minimum Gasteiger partial charge on any atom is -0.497 e. The van der Waals surface area contributed by atoms with Crippen LogP contribution in [-0.4, -0.2) is 20.2 Å². The molecule has 23 heavy (non-hydrogen) atoms. The fraction of sp³-hybridized carbons (Fsp3) is 0.238. The van der Waals surface area contributed by atoms with E-state index in [1.807, 2.05) is 18.2 Å². The van der Waals surface area contributed by atoms with Gasteiger partial charge in [-0.1, -0.05) is 43.0 Å². The minimum absolute atomic E-state index is 0.871. The van der Waals surface area contributed by atoms with Crippen molar-refractivity contribution in [2.45, 2.75) is 12.8 Å². The van der Waals surface area contributed by atoms with E-state index in [9.17, 15) is 0 Å². The molecule has 0 bridgehead atoms. The van der Waals surface area contributed by atoms with Gasteiger partial charge in [0.25, 0.3) is 0 Å². The molecule has 3 rings (SSSR count). The molecule has 1 fully saturated rings. The Morgan fingerprint density at radius 3 is 2.04 bits per heavy atom. The highest BCUT2D eigenvalue weighted by Gasteiger charge is 2.12. The van der Waals surface area contributed by atoms with Crippen LogP contribution >= 0.6 is 0 Å². The van der Waals surface area contributed by atoms with Crippen LogP contribution in [-0.2, 0) is 0 Å². The maximum absolute atomic E-state index is 5.24. The summed E-state index contributed by atoms with van der Waals surface area (Å²) in [5.41, 5.74) is 4.87. The first-order valence-electron chi connectivity index (χ1n) is 8.14. The summed E-state index contributed by atoms with van der Waals surface area (Å²) in [5.74, 6) is 0.871. The van der Waals surface area contributed by atoms with E-state index in [4.69, 9.17) is 4.74 Å². The lowest BCUT2D eigenvalue weighted by Crippen LogP contribution is -2.17. The van der Waals surface area contributed by atoms with E-state index in [0.29, 0.717) is 0 Å². The van der Waals surface area contributed by atoms with E-state index in [1.54, 1.807) is 7.11 Å². The Hall–Kier alpha value is -2.48. The molecule has 0 amide bonds. The summed E-state index contributed by atoms with van der Waals surface area (Å²) < 4.78 is 5.24. The Bertz CT molecular complexity index is 677. The standard InChI is InChI=1S/C21H23NO/c1-3-6-21(18-9-13-20(23-2)14-10-18)17-7-11-19(12-8-17)22-15-4-5-16-22/h3,6-14H,1,4-5,15-16H2,2H3/b21-6+. The SMILES string of the molecule is C=C/C=C(/c1ccc(OC)cc1)c1ccc(N2CCCC2)cc1. The van der Waals surface area contributed by atoms with Gasteiger partial charge in [0, 0.05) is 18.8 Å². The zero-order valence-electron chi connectivity index (χ0n) is 13.7. The first-order chi connectivity index (χ1) is 11.3. The number of benzene rings is 2. The molecule has 0 aliphatic carbocycles. The number of rotatable bonds is 5. The lowest BCUT2D eigenvalue weighted by molar-refractivity contribution is 0.415. The number of hydrogen-bond donors (Lipinski definition) is 0. The van der Waals surface area contributed by atoms with E-state index >= 15 is 0 Å². The van der Waals surface area contributed by atoms with Crippen molar-refractivity contribution in [3.63, 3.8) is 0 Å². The molecular weight excluding hydrogens is 282 g/mol. The molecule has 0 aromatic heterocycles. The summed E-state index contributed by atoms with van der Waals surface area (Å²) >= 11 is 0. The van der Waals surface area contributed by atoms with Crippen LogP contribution < -0.4 is 9.64 Å². The van der Waals surface area contributed by atoms with Crippen LogP contribution in [0.4, 0.5) is 5.69 Å². The predicted molar refractivity (Wildman–Crippen MR) is 98.2 cm³/mol. The van der Waals surface area contributed by atoms with Gasteiger partial charge in [-0.2, -0.15) is 0 Å². The maximum atomic E-state index is 5.24. The van der Waals surface area contributed by atoms with Gasteiger partial charge in [0.15, 0.2) is 0 Å². The molecule has 0 spiro atoms. The highest BCUT2D eigenvalue weighted by molar-refractivity contribution is 5.81. The molecule has 2 aromatic carbocycles. The van der Waals surface area contributed by atoms with Crippen LogP contribution in [0.5, 0.6) is 5.75 Å². The van der Waals surface area contributed by atoms with Crippen molar-refractivity contribution in [1.29, 1.82) is 0 Å². The molecule has 0 unspecified atom stereocenters. The van der Waals surface area contributed by atoms with Crippen molar-refractivity contribution in [2.24, 2.45) is 0 Å². The van der Waals surface area contributed by atoms with Crippen LogP contribution in [0.3, 0.4) is 0 Å². The molecule has 118 valence electrons. The second kappa shape index (κ2) is 7.19. The average molecular weight is 305 g/mol. The molecular formula is C21H23NO. The van der Waals surface area contributed by atoms with Gasteiger partial charge in [0.05, 0.1) is 7.11 Å². The van der Waals surface area contributed by atoms with Crippen LogP contribution in [0.2, 0.25) is 0 Å². The Kier molecular flexibility index (Phi) is 4.82. The largest absolute Gasteiger partial charge is 0.497 e. The summed E-state index contributed by atoms with van der Waals surface area (Å²) in [6, 6.07) is 17.0. The van der Waals surface area contributed by atoms with Gasteiger partial charge in [0.2, 0.25) is 0 Å². The molecule has 0 radical (unpaired) electrons. The summed E-state index contributed by atoms with van der Waals surface area (Å²) in [6.07, 6.45) is 6.51. The van der Waals surface area contributed by atoms with Gasteiger partial charge < -0.3 is 9.64 Å². The fourth-order valence-corrected chi connectivity index (χ4v) is 3.07. The summed E-state index contributed by atoms with van der Waals surface area (Å²) in [5, 5.41) is 0. The Morgan fingerprint density at radius 2 is 1.52 bits per heavy atom. The van der Waals surface area contributed by atoms with Crippen molar-refractivity contribution in [3.05, 3.63) is 78.4 Å². The Labute approximate surface area is 138 Å². The van der Waals surface area contributed by atoms with E-state index in [1.165, 1.54) is 48.3 Å². The molecule has 2 aromatic rings. The van der Waals surface area contributed by atoms with Crippen molar-refractivity contribution in [3.8, 4) is 5.75 Å². The summed E-state index contributed by atoms with van der Waals surface area (Å²) in [4.78, 5) is 2.45. The first-order valence-corrected chi connectivity index (χ1v) is 8.14. The fourth-order valence-electron chi connectivity index (χ4n) is 3.07. The summed E-state index contributed by atoms with van der Waals surface area (Å²) in [6.45, 7) is 6.20. The van der Waals surface area contributed by atoms with Crippen LogP contribution in [0.15, 0.2) is 67.3 Å². The molecule has 1 aliphatic rings. The number of methoxy groups -OCH3 is 1. The van der Waals surface area contributed by atoms with Crippen LogP contribution in [0.25, 0.3) is 5.57 Å². The van der Waals surface area contributed by atoms with E-state index in [0.717, 1.165) is 5.75 Å². The van der Waals surface area contributed by atoms with Crippen molar-refractivity contribution >= 4 is 11.3 Å². The van der Waals surface area contributed by atoms with Gasteiger partial charge in [-0.15, -0.1) is 0 Å². The first kappa shape index (κ1) is 15.4. The second-order valence-electron chi connectivity index (χ2n) is 5.79. The monoisotopic (exact) mass is 305 g/mol. The van der Waals surface area contributed by atoms with Gasteiger partial charge in [-0.3, -0.25) is 0 Å². The predicted octanol–water partition coefficient (Wildman–Crippen LogP) is 4.91. The third-order valence-electron chi connectivity index (χ3n) is 4.34. The number of ether oxygens (including phenoxy) is 1. The minimum atomic E-state index is 0.871. The molecule has 1 heterocycles. The highest BCUT2D eigenvalue weighted by Crippen LogP contribution is 2.28. The third-order valence-corrected chi connectivity index (χ3v) is 4.34. The molecule has 2 nitrogen and oxygen atoms in total. The molecule has 1 aliphatic heterocycles. The topological polar surface area (TPSA) is 12.5 Å². The lowest BCUT2D eigenvalue weighted by Gasteiger charge is -2.18. The Balaban J connectivity index is 1.88. The molecule has 0 N–H and O–H groups in total. The van der Waals surface area contributed by atoms with E-state index < -0.39 is 0 Å². The Morgan fingerprint density at radius 1 is 0.957 bits per heavy atom. The van der Waals surface area contributed by atoms with E-state index in [2.05, 4.69) is 54.0 Å². The number of anilines is 1. The average Bonchev–Trinajstić information content (AvgIpc) is 3.15. The third kappa shape index (κ3) is 3.48. The van der Waals surface area contributed by atoms with Crippen molar-refractivity contribution in [2.75, 3.05) is 25.1 Å². The highest BCUT2D eigenvalue weighted by atomic mass is 16.5. The zero-order valence-corrected chi connectivity index (χ0v) is 13.7. The van der Waals surface area contributed by atoms with E-state index in [-0.39, 0.29) is 0 Å². The van der Waals surface area contributed by atoms with Crippen LogP contribution in [0.1, 0.15) is 24.0 Å². The van der Waals surface area contributed by atoms with Crippen LogP contribution in [0, 0.1) is 0 Å². The van der Waals surface area contributed by atoms with Crippen molar-refractivity contribution in [1.82, 2.24) is 0 Å². The molecule has 1 saturated heterocycles. The number of allylic oxidation sites excluding steroid dienone is 2. The van der Waals surface area contributed by atoms with Gasteiger partial charge in [-0.25, -0.2) is 0 Å². The van der Waals surface area contributed by atoms with Gasteiger partial charge in [-0.05, 0) is 53.8 Å². The number of hydrogen-bond acceptors (Lipinski definition) is 2. The smallest absolute Gasteiger partial charge is 0.118 e. The number of nitrogens with zero attached hydrogens (tertiary/aromatic N) is 1.